The number of allylic oxidation sites excluding steroid dienone is 1. The largest absolute Gasteiger partial charge is 0.416 e. The SMILES string of the molecule is C=C(/C=N\N(C)C)c1ccc(NC(=O)C(CNCCc2ccc(C#N)cc2)c2cccc(C(F)(F)F)c2)nc1. The van der Waals surface area contributed by atoms with Crippen molar-refractivity contribution in [3.63, 3.8) is 0 Å². The molecule has 1 amide bonds. The van der Waals surface area contributed by atoms with Crippen LogP contribution in [0.1, 0.15) is 33.7 Å². The highest BCUT2D eigenvalue weighted by molar-refractivity contribution is 6.08. The number of alkyl halides is 3. The van der Waals surface area contributed by atoms with Gasteiger partial charge in [-0.05, 0) is 60.0 Å². The lowest BCUT2D eigenvalue weighted by atomic mass is 9.95. The summed E-state index contributed by atoms with van der Waals surface area (Å²) in [5.74, 6) is -1.14. The number of aromatic nitrogens is 1. The predicted molar refractivity (Wildman–Crippen MR) is 146 cm³/mol. The van der Waals surface area contributed by atoms with Crippen LogP contribution < -0.4 is 10.6 Å². The number of carbonyl (C=O) groups is 1. The maximum Gasteiger partial charge on any atom is 0.416 e. The lowest BCUT2D eigenvalue weighted by Crippen LogP contribution is -2.32. The Morgan fingerprint density at radius 3 is 2.54 bits per heavy atom. The van der Waals surface area contributed by atoms with E-state index in [9.17, 15) is 18.0 Å². The number of benzene rings is 2. The third kappa shape index (κ3) is 8.79. The number of rotatable bonds is 11. The maximum absolute atomic E-state index is 13.4. The maximum atomic E-state index is 13.4. The van der Waals surface area contributed by atoms with Crippen LogP contribution in [0.15, 0.2) is 78.5 Å². The average Bonchev–Trinajstić information content (AvgIpc) is 2.92. The molecule has 202 valence electrons. The first-order valence-electron chi connectivity index (χ1n) is 12.1. The van der Waals surface area contributed by atoms with E-state index in [0.717, 1.165) is 17.7 Å². The van der Waals surface area contributed by atoms with E-state index in [-0.39, 0.29) is 17.9 Å². The number of anilines is 1. The second-order valence-corrected chi connectivity index (χ2v) is 8.98. The van der Waals surface area contributed by atoms with Crippen LogP contribution in [0.4, 0.5) is 19.0 Å². The van der Waals surface area contributed by atoms with Gasteiger partial charge in [-0.2, -0.15) is 23.5 Å². The molecule has 0 radical (unpaired) electrons. The Hall–Kier alpha value is -4.49. The van der Waals surface area contributed by atoms with Crippen molar-refractivity contribution in [1.29, 1.82) is 5.26 Å². The molecule has 2 N–H and O–H groups in total. The van der Waals surface area contributed by atoms with Gasteiger partial charge in [-0.3, -0.25) is 4.79 Å². The zero-order valence-electron chi connectivity index (χ0n) is 21.7. The van der Waals surface area contributed by atoms with E-state index in [2.05, 4.69) is 33.4 Å². The van der Waals surface area contributed by atoms with Crippen LogP contribution in [0.5, 0.6) is 0 Å². The summed E-state index contributed by atoms with van der Waals surface area (Å²) in [5, 5.41) is 20.6. The van der Waals surface area contributed by atoms with Gasteiger partial charge in [-0.1, -0.05) is 36.9 Å². The number of hydrazone groups is 1. The van der Waals surface area contributed by atoms with Crippen molar-refractivity contribution >= 4 is 23.5 Å². The van der Waals surface area contributed by atoms with E-state index in [4.69, 9.17) is 5.26 Å². The van der Waals surface area contributed by atoms with E-state index >= 15 is 0 Å². The molecule has 3 aromatic rings. The first-order chi connectivity index (χ1) is 18.6. The third-order valence-electron chi connectivity index (χ3n) is 5.78. The molecule has 0 saturated carbocycles. The first kappa shape index (κ1) is 29.1. The molecule has 3 rings (SSSR count). The molecule has 1 aromatic heterocycles. The molecule has 10 heteroatoms. The fraction of sp³-hybridized carbons (Fsp3) is 0.241. The van der Waals surface area contributed by atoms with Gasteiger partial charge < -0.3 is 15.6 Å². The van der Waals surface area contributed by atoms with E-state index in [0.29, 0.717) is 29.7 Å². The Morgan fingerprint density at radius 1 is 1.18 bits per heavy atom. The van der Waals surface area contributed by atoms with Crippen LogP contribution in [-0.2, 0) is 17.4 Å². The highest BCUT2D eigenvalue weighted by atomic mass is 19.4. The van der Waals surface area contributed by atoms with Crippen molar-refractivity contribution in [3.8, 4) is 6.07 Å². The molecule has 0 aliphatic rings. The number of nitrogens with one attached hydrogen (secondary N) is 2. The lowest BCUT2D eigenvalue weighted by molar-refractivity contribution is -0.137. The quantitative estimate of drug-likeness (QED) is 0.203. The number of hydrogen-bond donors (Lipinski definition) is 2. The summed E-state index contributed by atoms with van der Waals surface area (Å²) in [6.45, 7) is 4.53. The van der Waals surface area contributed by atoms with Crippen molar-refractivity contribution in [1.82, 2.24) is 15.3 Å². The van der Waals surface area contributed by atoms with E-state index in [1.165, 1.54) is 18.3 Å². The molecule has 1 heterocycles. The Morgan fingerprint density at radius 2 is 1.92 bits per heavy atom. The minimum Gasteiger partial charge on any atom is -0.315 e. The van der Waals surface area contributed by atoms with Crippen LogP contribution >= 0.6 is 0 Å². The second kappa shape index (κ2) is 13.3. The Labute approximate surface area is 225 Å². The first-order valence-corrected chi connectivity index (χ1v) is 12.1. The van der Waals surface area contributed by atoms with Crippen molar-refractivity contribution in [3.05, 3.63) is 101 Å². The topological polar surface area (TPSA) is 93.4 Å². The Bertz CT molecular complexity index is 1340. The summed E-state index contributed by atoms with van der Waals surface area (Å²) >= 11 is 0. The van der Waals surface area contributed by atoms with Gasteiger partial charge in [0.15, 0.2) is 0 Å². The lowest BCUT2D eigenvalue weighted by Gasteiger charge is -2.19. The Balaban J connectivity index is 1.73. The predicted octanol–water partition coefficient (Wildman–Crippen LogP) is 5.09. The number of amides is 1. The fourth-order valence-electron chi connectivity index (χ4n) is 3.65. The third-order valence-corrected chi connectivity index (χ3v) is 5.78. The zero-order valence-corrected chi connectivity index (χ0v) is 21.7. The van der Waals surface area contributed by atoms with Crippen molar-refractivity contribution in [2.45, 2.75) is 18.5 Å². The summed E-state index contributed by atoms with van der Waals surface area (Å²) in [7, 11) is 3.56. The summed E-state index contributed by atoms with van der Waals surface area (Å²) in [6.07, 6.45) is -0.792. The fourth-order valence-corrected chi connectivity index (χ4v) is 3.65. The van der Waals surface area contributed by atoms with Gasteiger partial charge in [0, 0.05) is 32.4 Å². The van der Waals surface area contributed by atoms with Crippen LogP contribution in [0.2, 0.25) is 0 Å². The van der Waals surface area contributed by atoms with E-state index < -0.39 is 23.6 Å². The molecule has 0 fully saturated rings. The number of halogens is 3. The molecule has 2 aromatic carbocycles. The standard InChI is InChI=1S/C29H29F3N6O/c1-20(17-36-38(2)3)24-11-12-27(35-18-24)37-28(39)26(23-5-4-6-25(15-23)29(30,31)32)19-34-14-13-21-7-9-22(16-33)10-8-21/h4-12,15,17-18,26,34H,1,13-14,19H2,2-3H3,(H,35,37,39)/b36-17-. The minimum atomic E-state index is -4.53. The number of pyridine rings is 1. The van der Waals surface area contributed by atoms with Crippen LogP contribution in [0.25, 0.3) is 5.57 Å². The summed E-state index contributed by atoms with van der Waals surface area (Å²) in [6, 6.07) is 17.3. The highest BCUT2D eigenvalue weighted by Gasteiger charge is 2.32. The van der Waals surface area contributed by atoms with Crippen LogP contribution in [-0.4, -0.2) is 49.3 Å². The molecule has 0 saturated heterocycles. The van der Waals surface area contributed by atoms with Crippen LogP contribution in [0.3, 0.4) is 0 Å². The smallest absolute Gasteiger partial charge is 0.315 e. The van der Waals surface area contributed by atoms with Gasteiger partial charge in [0.05, 0.1) is 29.3 Å². The number of nitriles is 1. The molecular weight excluding hydrogens is 505 g/mol. The van der Waals surface area contributed by atoms with Gasteiger partial charge in [0.2, 0.25) is 5.91 Å². The molecule has 1 unspecified atom stereocenters. The van der Waals surface area contributed by atoms with Gasteiger partial charge in [0.25, 0.3) is 0 Å². The number of carbonyl (C=O) groups excluding carboxylic acids is 1. The summed E-state index contributed by atoms with van der Waals surface area (Å²) in [4.78, 5) is 17.5. The Kier molecular flexibility index (Phi) is 9.95. The van der Waals surface area contributed by atoms with Crippen molar-refractivity contribution in [2.75, 3.05) is 32.5 Å². The molecular formula is C29H29F3N6O. The normalized spacial score (nSPS) is 12.1. The van der Waals surface area contributed by atoms with Gasteiger partial charge in [-0.25, -0.2) is 4.98 Å². The highest BCUT2D eigenvalue weighted by Crippen LogP contribution is 2.31. The minimum absolute atomic E-state index is 0.110. The van der Waals surface area contributed by atoms with Gasteiger partial charge in [-0.15, -0.1) is 0 Å². The number of nitrogens with zero attached hydrogens (tertiary/aromatic N) is 4. The summed E-state index contributed by atoms with van der Waals surface area (Å²) in [5.41, 5.74) is 2.29. The number of hydrogen-bond acceptors (Lipinski definition) is 6. The second-order valence-electron chi connectivity index (χ2n) is 8.98. The molecule has 0 aliphatic heterocycles. The average molecular weight is 535 g/mol. The molecule has 1 atom stereocenters. The molecule has 0 aliphatic carbocycles. The molecule has 0 spiro atoms. The van der Waals surface area contributed by atoms with Crippen LogP contribution in [0, 0.1) is 11.3 Å². The van der Waals surface area contributed by atoms with E-state index in [1.807, 2.05) is 12.1 Å². The van der Waals surface area contributed by atoms with E-state index in [1.54, 1.807) is 49.6 Å². The van der Waals surface area contributed by atoms with Gasteiger partial charge in [0.1, 0.15) is 5.82 Å². The zero-order chi connectivity index (χ0) is 28.4. The van der Waals surface area contributed by atoms with Crippen molar-refractivity contribution < 1.29 is 18.0 Å². The monoisotopic (exact) mass is 534 g/mol. The molecule has 0 bridgehead atoms. The van der Waals surface area contributed by atoms with Gasteiger partial charge >= 0.3 is 6.18 Å². The van der Waals surface area contributed by atoms with Crippen molar-refractivity contribution in [2.24, 2.45) is 5.10 Å². The molecule has 7 nitrogen and oxygen atoms in total. The summed E-state index contributed by atoms with van der Waals surface area (Å²) < 4.78 is 40.1. The molecule has 39 heavy (non-hydrogen) atoms.